The fourth-order valence-electron chi connectivity index (χ4n) is 1.94. The normalized spacial score (nSPS) is 14.6. The van der Waals surface area contributed by atoms with Crippen LogP contribution in [0.15, 0.2) is 34.9 Å². The van der Waals surface area contributed by atoms with E-state index in [2.05, 4.69) is 21.0 Å². The van der Waals surface area contributed by atoms with Gasteiger partial charge in [-0.3, -0.25) is 4.68 Å². The van der Waals surface area contributed by atoms with Gasteiger partial charge in [0.1, 0.15) is 5.60 Å². The molecule has 0 saturated carbocycles. The van der Waals surface area contributed by atoms with E-state index in [1.165, 1.54) is 6.20 Å². The average Bonchev–Trinajstić information content (AvgIpc) is 2.59. The second-order valence-electron chi connectivity index (χ2n) is 4.02. The average molecular weight is 316 g/mol. The third kappa shape index (κ3) is 2.12. The highest BCUT2D eigenvalue weighted by Gasteiger charge is 2.33. The van der Waals surface area contributed by atoms with E-state index >= 15 is 0 Å². The molecule has 0 aliphatic rings. The van der Waals surface area contributed by atoms with Gasteiger partial charge >= 0.3 is 0 Å². The van der Waals surface area contributed by atoms with Crippen LogP contribution in [0.5, 0.6) is 0 Å². The molecule has 1 unspecified atom stereocenters. The van der Waals surface area contributed by atoms with Crippen LogP contribution in [0.2, 0.25) is 5.02 Å². The van der Waals surface area contributed by atoms with Crippen molar-refractivity contribution >= 4 is 27.5 Å². The topological polar surface area (TPSA) is 38.0 Å². The molecule has 1 N–H and O–H groups in total. The summed E-state index contributed by atoms with van der Waals surface area (Å²) in [6, 6.07) is 7.51. The van der Waals surface area contributed by atoms with Crippen LogP contribution in [-0.4, -0.2) is 14.9 Å². The van der Waals surface area contributed by atoms with Gasteiger partial charge in [-0.1, -0.05) is 45.7 Å². The van der Waals surface area contributed by atoms with Crippen LogP contribution in [0.1, 0.15) is 18.2 Å². The van der Waals surface area contributed by atoms with Crippen molar-refractivity contribution in [2.24, 2.45) is 7.05 Å². The number of hydrogen-bond donors (Lipinski definition) is 1. The summed E-state index contributed by atoms with van der Waals surface area (Å²) >= 11 is 9.51. The largest absolute Gasteiger partial charge is 0.379 e. The van der Waals surface area contributed by atoms with Crippen molar-refractivity contribution in [1.29, 1.82) is 0 Å². The first kappa shape index (κ1) is 12.6. The minimum absolute atomic E-state index is 0.452. The summed E-state index contributed by atoms with van der Waals surface area (Å²) in [5.74, 6) is 0. The molecule has 0 spiro atoms. The van der Waals surface area contributed by atoms with Crippen LogP contribution in [0.25, 0.3) is 0 Å². The number of aryl methyl sites for hydroxylation is 1. The molecule has 0 radical (unpaired) electrons. The van der Waals surface area contributed by atoms with Crippen LogP contribution < -0.4 is 0 Å². The zero-order valence-electron chi connectivity index (χ0n) is 9.48. The van der Waals surface area contributed by atoms with Crippen molar-refractivity contribution in [3.05, 3.63) is 51.2 Å². The van der Waals surface area contributed by atoms with Crippen molar-refractivity contribution in [1.82, 2.24) is 9.78 Å². The predicted octanol–water partition coefficient (Wildman–Crippen LogP) is 3.09. The van der Waals surface area contributed by atoms with Gasteiger partial charge in [-0.2, -0.15) is 5.10 Å². The predicted molar refractivity (Wildman–Crippen MR) is 71.0 cm³/mol. The number of aliphatic hydroxyl groups is 1. The minimum Gasteiger partial charge on any atom is -0.379 e. The van der Waals surface area contributed by atoms with Crippen molar-refractivity contribution in [3.8, 4) is 0 Å². The SMILES string of the molecule is Cn1ncc(Cl)c1C(C)(O)c1ccccc1Br. The van der Waals surface area contributed by atoms with Crippen molar-refractivity contribution in [2.75, 3.05) is 0 Å². The van der Waals surface area contributed by atoms with E-state index in [9.17, 15) is 5.11 Å². The standard InChI is InChI=1S/C12H12BrClN2O/c1-12(17,8-5-3-4-6-9(8)13)11-10(14)7-15-16(11)2/h3-7,17H,1-2H3. The summed E-state index contributed by atoms with van der Waals surface area (Å²) in [5, 5.41) is 15.2. The second kappa shape index (κ2) is 4.44. The highest BCUT2D eigenvalue weighted by atomic mass is 79.9. The monoisotopic (exact) mass is 314 g/mol. The number of hydrogen-bond acceptors (Lipinski definition) is 2. The molecule has 0 saturated heterocycles. The highest BCUT2D eigenvalue weighted by Crippen LogP contribution is 2.36. The van der Waals surface area contributed by atoms with Gasteiger partial charge in [0.2, 0.25) is 0 Å². The lowest BCUT2D eigenvalue weighted by Gasteiger charge is -2.25. The molecule has 0 fully saturated rings. The molecule has 90 valence electrons. The van der Waals surface area contributed by atoms with Crippen molar-refractivity contribution in [3.63, 3.8) is 0 Å². The molecule has 0 aliphatic heterocycles. The third-order valence-electron chi connectivity index (χ3n) is 2.75. The molecular weight excluding hydrogens is 304 g/mol. The van der Waals surface area contributed by atoms with E-state index in [1.54, 1.807) is 18.7 Å². The van der Waals surface area contributed by atoms with Crippen molar-refractivity contribution in [2.45, 2.75) is 12.5 Å². The van der Waals surface area contributed by atoms with Gasteiger partial charge in [0.25, 0.3) is 0 Å². The van der Waals surface area contributed by atoms with Gasteiger partial charge in [-0.25, -0.2) is 0 Å². The van der Waals surface area contributed by atoms with Crippen LogP contribution in [0.3, 0.4) is 0 Å². The maximum absolute atomic E-state index is 10.7. The molecule has 1 heterocycles. The van der Waals surface area contributed by atoms with Crippen LogP contribution in [0, 0.1) is 0 Å². The van der Waals surface area contributed by atoms with E-state index in [1.807, 2.05) is 24.3 Å². The first-order valence-electron chi connectivity index (χ1n) is 5.10. The molecule has 3 nitrogen and oxygen atoms in total. The zero-order valence-corrected chi connectivity index (χ0v) is 11.8. The molecule has 17 heavy (non-hydrogen) atoms. The van der Waals surface area contributed by atoms with E-state index in [0.717, 1.165) is 10.0 Å². The Balaban J connectivity index is 2.62. The smallest absolute Gasteiger partial charge is 0.131 e. The Morgan fingerprint density at radius 1 is 1.41 bits per heavy atom. The molecule has 5 heteroatoms. The summed E-state index contributed by atoms with van der Waals surface area (Å²) in [4.78, 5) is 0. The molecule has 1 atom stereocenters. The van der Waals surface area contributed by atoms with Gasteiger partial charge in [0.05, 0.1) is 16.9 Å². The Morgan fingerprint density at radius 2 is 2.06 bits per heavy atom. The fraction of sp³-hybridized carbons (Fsp3) is 0.250. The van der Waals surface area contributed by atoms with Gasteiger partial charge in [-0.15, -0.1) is 0 Å². The third-order valence-corrected chi connectivity index (χ3v) is 3.72. The first-order valence-corrected chi connectivity index (χ1v) is 6.27. The van der Waals surface area contributed by atoms with Gasteiger partial charge in [0.15, 0.2) is 0 Å². The first-order chi connectivity index (χ1) is 7.94. The van der Waals surface area contributed by atoms with E-state index < -0.39 is 5.60 Å². The van der Waals surface area contributed by atoms with Gasteiger partial charge in [0, 0.05) is 17.1 Å². The Bertz CT molecular complexity index is 532. The Kier molecular flexibility index (Phi) is 3.30. The Morgan fingerprint density at radius 3 is 2.59 bits per heavy atom. The second-order valence-corrected chi connectivity index (χ2v) is 5.28. The Hall–Kier alpha value is -0.840. The summed E-state index contributed by atoms with van der Waals surface area (Å²) in [5.41, 5.74) is 0.138. The zero-order chi connectivity index (χ0) is 12.6. The highest BCUT2D eigenvalue weighted by molar-refractivity contribution is 9.10. The quantitative estimate of drug-likeness (QED) is 0.925. The molecular formula is C12H12BrClN2O. The minimum atomic E-state index is -1.19. The molecule has 2 rings (SSSR count). The van der Waals surface area contributed by atoms with Gasteiger partial charge < -0.3 is 5.11 Å². The number of nitrogens with zero attached hydrogens (tertiary/aromatic N) is 2. The van der Waals surface area contributed by atoms with Crippen LogP contribution in [-0.2, 0) is 12.6 Å². The van der Waals surface area contributed by atoms with Crippen LogP contribution in [0.4, 0.5) is 0 Å². The number of rotatable bonds is 2. The molecule has 0 amide bonds. The van der Waals surface area contributed by atoms with Crippen molar-refractivity contribution < 1.29 is 5.11 Å². The van der Waals surface area contributed by atoms with E-state index in [0.29, 0.717) is 10.7 Å². The lowest BCUT2D eigenvalue weighted by atomic mass is 9.92. The fourth-order valence-corrected chi connectivity index (χ4v) is 2.96. The van der Waals surface area contributed by atoms with E-state index in [4.69, 9.17) is 11.6 Å². The van der Waals surface area contributed by atoms with Crippen LogP contribution >= 0.6 is 27.5 Å². The number of aromatic nitrogens is 2. The summed E-state index contributed by atoms with van der Waals surface area (Å²) in [6.45, 7) is 1.70. The maximum Gasteiger partial charge on any atom is 0.131 e. The molecule has 0 aliphatic carbocycles. The van der Waals surface area contributed by atoms with E-state index in [-0.39, 0.29) is 0 Å². The number of halogens is 2. The summed E-state index contributed by atoms with van der Waals surface area (Å²) < 4.78 is 2.42. The summed E-state index contributed by atoms with van der Waals surface area (Å²) in [6.07, 6.45) is 1.53. The van der Waals surface area contributed by atoms with Gasteiger partial charge in [-0.05, 0) is 13.0 Å². The lowest BCUT2D eigenvalue weighted by molar-refractivity contribution is 0.0922. The maximum atomic E-state index is 10.7. The molecule has 1 aromatic carbocycles. The lowest BCUT2D eigenvalue weighted by Crippen LogP contribution is -2.27. The Labute approximate surface area is 113 Å². The molecule has 1 aromatic heterocycles. The summed E-state index contributed by atoms with van der Waals surface area (Å²) in [7, 11) is 1.76. The molecule has 2 aromatic rings. The molecule has 0 bridgehead atoms. The number of benzene rings is 1.